The maximum Gasteiger partial charge on any atom is 0.276 e. The molecule has 0 bridgehead atoms. The van der Waals surface area contributed by atoms with Crippen molar-refractivity contribution < 1.29 is 9.53 Å². The Bertz CT molecular complexity index is 956. The molecule has 0 aliphatic heterocycles. The van der Waals surface area contributed by atoms with Gasteiger partial charge in [-0.25, -0.2) is 4.68 Å². The fraction of sp³-hybridized carbons (Fsp3) is 0.158. The van der Waals surface area contributed by atoms with E-state index in [1.54, 1.807) is 35.1 Å². The number of nitrogens with zero attached hydrogens (tertiary/aromatic N) is 2. The number of halogens is 2. The third kappa shape index (κ3) is 4.26. The lowest BCUT2D eigenvalue weighted by Crippen LogP contribution is -2.15. The summed E-state index contributed by atoms with van der Waals surface area (Å²) in [5, 5.41) is 7.77. The third-order valence-electron chi connectivity index (χ3n) is 3.97. The Morgan fingerprint density at radius 2 is 2.08 bits per heavy atom. The molecule has 26 heavy (non-hydrogen) atoms. The van der Waals surface area contributed by atoms with Crippen molar-refractivity contribution in [1.29, 1.82) is 0 Å². The highest BCUT2D eigenvalue weighted by Gasteiger charge is 2.12. The molecule has 1 N–H and O–H groups in total. The van der Waals surface area contributed by atoms with E-state index in [1.807, 2.05) is 32.0 Å². The highest BCUT2D eigenvalue weighted by Crippen LogP contribution is 2.28. The van der Waals surface area contributed by atoms with E-state index >= 15 is 0 Å². The van der Waals surface area contributed by atoms with Gasteiger partial charge in [0.05, 0.1) is 4.47 Å². The second kappa shape index (κ2) is 7.93. The van der Waals surface area contributed by atoms with E-state index in [0.717, 1.165) is 21.3 Å². The molecule has 0 unspecified atom stereocenters. The van der Waals surface area contributed by atoms with Crippen LogP contribution in [0.25, 0.3) is 0 Å². The van der Waals surface area contributed by atoms with Crippen molar-refractivity contribution in [2.75, 3.05) is 5.32 Å². The molecule has 134 valence electrons. The molecule has 2 aromatic carbocycles. The quantitative estimate of drug-likeness (QED) is 0.600. The number of amides is 1. The van der Waals surface area contributed by atoms with Crippen LogP contribution in [-0.4, -0.2) is 15.7 Å². The van der Waals surface area contributed by atoms with Crippen molar-refractivity contribution in [1.82, 2.24) is 9.78 Å². The maximum absolute atomic E-state index is 12.4. The SMILES string of the molecule is Cc1cccc(NC(=O)c2ccn(COc3ccc(Cl)cc3Br)n2)c1C. The minimum absolute atomic E-state index is 0.178. The van der Waals surface area contributed by atoms with Crippen LogP contribution in [0.4, 0.5) is 5.69 Å². The van der Waals surface area contributed by atoms with Gasteiger partial charge in [0, 0.05) is 16.9 Å². The summed E-state index contributed by atoms with van der Waals surface area (Å²) in [7, 11) is 0. The van der Waals surface area contributed by atoms with E-state index in [2.05, 4.69) is 26.3 Å². The van der Waals surface area contributed by atoms with E-state index in [-0.39, 0.29) is 12.6 Å². The second-order valence-electron chi connectivity index (χ2n) is 5.79. The molecule has 0 saturated heterocycles. The van der Waals surface area contributed by atoms with E-state index in [1.165, 1.54) is 0 Å². The summed E-state index contributed by atoms with van der Waals surface area (Å²) in [6.45, 7) is 4.16. The van der Waals surface area contributed by atoms with Gasteiger partial charge in [0.25, 0.3) is 5.91 Å². The molecule has 1 amide bonds. The first-order chi connectivity index (χ1) is 12.4. The van der Waals surface area contributed by atoms with Crippen LogP contribution in [0.5, 0.6) is 5.75 Å². The fourth-order valence-corrected chi connectivity index (χ4v) is 3.15. The topological polar surface area (TPSA) is 56.2 Å². The van der Waals surface area contributed by atoms with Gasteiger partial charge in [-0.2, -0.15) is 5.10 Å². The predicted octanol–water partition coefficient (Wildman–Crippen LogP) is 5.20. The van der Waals surface area contributed by atoms with Crippen LogP contribution >= 0.6 is 27.5 Å². The maximum atomic E-state index is 12.4. The first-order valence-electron chi connectivity index (χ1n) is 7.93. The number of carbonyl (C=O) groups excluding carboxylic acids is 1. The Hall–Kier alpha value is -2.31. The number of benzene rings is 2. The molecule has 3 aromatic rings. The van der Waals surface area contributed by atoms with Crippen molar-refractivity contribution in [2.45, 2.75) is 20.6 Å². The monoisotopic (exact) mass is 433 g/mol. The van der Waals surface area contributed by atoms with Gasteiger partial charge in [0.1, 0.15) is 5.75 Å². The van der Waals surface area contributed by atoms with Crippen LogP contribution in [0.15, 0.2) is 53.1 Å². The van der Waals surface area contributed by atoms with E-state index < -0.39 is 0 Å². The first kappa shape index (κ1) is 18.5. The molecule has 7 heteroatoms. The predicted molar refractivity (Wildman–Crippen MR) is 106 cm³/mol. The lowest BCUT2D eigenvalue weighted by molar-refractivity contribution is 0.102. The van der Waals surface area contributed by atoms with Crippen LogP contribution in [0, 0.1) is 13.8 Å². The smallest absolute Gasteiger partial charge is 0.276 e. The molecule has 5 nitrogen and oxygen atoms in total. The van der Waals surface area contributed by atoms with Gasteiger partial charge in [0.15, 0.2) is 12.4 Å². The Morgan fingerprint density at radius 3 is 2.85 bits per heavy atom. The van der Waals surface area contributed by atoms with Gasteiger partial charge in [-0.3, -0.25) is 4.79 Å². The number of aryl methyl sites for hydroxylation is 1. The molecule has 0 aliphatic carbocycles. The van der Waals surface area contributed by atoms with Crippen molar-refractivity contribution in [3.8, 4) is 5.75 Å². The molecule has 0 fully saturated rings. The fourth-order valence-electron chi connectivity index (χ4n) is 2.36. The molecule has 0 radical (unpaired) electrons. The minimum Gasteiger partial charge on any atom is -0.470 e. The number of anilines is 1. The first-order valence-corrected chi connectivity index (χ1v) is 9.10. The molecule has 0 atom stereocenters. The van der Waals surface area contributed by atoms with Crippen molar-refractivity contribution in [2.24, 2.45) is 0 Å². The van der Waals surface area contributed by atoms with Crippen LogP contribution in [0.2, 0.25) is 5.02 Å². The standard InChI is InChI=1S/C19H17BrClN3O2/c1-12-4-3-5-16(13(12)2)22-19(25)17-8-9-24(23-17)11-26-18-7-6-14(21)10-15(18)20/h3-10H,11H2,1-2H3,(H,22,25). The summed E-state index contributed by atoms with van der Waals surface area (Å²) in [4.78, 5) is 12.4. The Labute approximate surface area is 165 Å². The summed E-state index contributed by atoms with van der Waals surface area (Å²) in [5.41, 5.74) is 3.27. The van der Waals surface area contributed by atoms with Crippen molar-refractivity contribution in [3.63, 3.8) is 0 Å². The third-order valence-corrected chi connectivity index (χ3v) is 4.83. The summed E-state index contributed by atoms with van der Waals surface area (Å²) in [5.74, 6) is 0.386. The molecule has 1 aromatic heterocycles. The van der Waals surface area contributed by atoms with Gasteiger partial charge in [-0.15, -0.1) is 0 Å². The van der Waals surface area contributed by atoms with Gasteiger partial charge in [-0.05, 0) is 71.2 Å². The minimum atomic E-state index is -0.259. The molecule has 1 heterocycles. The highest BCUT2D eigenvalue weighted by molar-refractivity contribution is 9.10. The van der Waals surface area contributed by atoms with Gasteiger partial charge in [-0.1, -0.05) is 23.7 Å². The van der Waals surface area contributed by atoms with Crippen LogP contribution < -0.4 is 10.1 Å². The zero-order valence-electron chi connectivity index (χ0n) is 14.3. The number of hydrogen-bond donors (Lipinski definition) is 1. The van der Waals surface area contributed by atoms with Gasteiger partial charge < -0.3 is 10.1 Å². The lowest BCUT2D eigenvalue weighted by atomic mass is 10.1. The molecule has 0 spiro atoms. The number of carbonyl (C=O) groups is 1. The largest absolute Gasteiger partial charge is 0.470 e. The summed E-state index contributed by atoms with van der Waals surface area (Å²) >= 11 is 9.31. The van der Waals surface area contributed by atoms with Gasteiger partial charge in [0.2, 0.25) is 0 Å². The van der Waals surface area contributed by atoms with Crippen LogP contribution in [-0.2, 0) is 6.73 Å². The average Bonchev–Trinajstić information content (AvgIpc) is 3.07. The molecule has 3 rings (SSSR count). The summed E-state index contributed by atoms with van der Waals surface area (Å²) in [6.07, 6.45) is 1.70. The van der Waals surface area contributed by atoms with Crippen LogP contribution in [0.3, 0.4) is 0 Å². The molecular formula is C19H17BrClN3O2. The Kier molecular flexibility index (Phi) is 5.64. The van der Waals surface area contributed by atoms with Crippen molar-refractivity contribution >= 4 is 39.1 Å². The zero-order valence-corrected chi connectivity index (χ0v) is 16.6. The second-order valence-corrected chi connectivity index (χ2v) is 7.08. The lowest BCUT2D eigenvalue weighted by Gasteiger charge is -2.09. The van der Waals surface area contributed by atoms with E-state index in [9.17, 15) is 4.79 Å². The van der Waals surface area contributed by atoms with Gasteiger partial charge >= 0.3 is 0 Å². The van der Waals surface area contributed by atoms with Crippen molar-refractivity contribution in [3.05, 3.63) is 75.0 Å². The molecule has 0 saturated carbocycles. The molecule has 0 aliphatic rings. The average molecular weight is 435 g/mol. The van der Waals surface area contributed by atoms with E-state index in [0.29, 0.717) is 16.5 Å². The number of ether oxygens (including phenoxy) is 1. The van der Waals surface area contributed by atoms with E-state index in [4.69, 9.17) is 16.3 Å². The number of nitrogens with one attached hydrogen (secondary N) is 1. The summed E-state index contributed by atoms with van der Waals surface area (Å²) in [6, 6.07) is 12.7. The Morgan fingerprint density at radius 1 is 1.27 bits per heavy atom. The normalized spacial score (nSPS) is 10.6. The number of rotatable bonds is 5. The summed E-state index contributed by atoms with van der Waals surface area (Å²) < 4.78 is 8.00. The zero-order chi connectivity index (χ0) is 18.7. The number of hydrogen-bond acceptors (Lipinski definition) is 3. The van der Waals surface area contributed by atoms with Crippen LogP contribution in [0.1, 0.15) is 21.6 Å². The highest BCUT2D eigenvalue weighted by atomic mass is 79.9. The molecular weight excluding hydrogens is 418 g/mol. The Balaban J connectivity index is 1.65. The number of aromatic nitrogens is 2.